The third-order valence-electron chi connectivity index (χ3n) is 11.4. The Morgan fingerprint density at radius 1 is 1.11 bits per heavy atom. The van der Waals surface area contributed by atoms with Gasteiger partial charge < -0.3 is 19.1 Å². The molecule has 4 fully saturated rings. The van der Waals surface area contributed by atoms with Crippen LogP contribution in [0, 0.1) is 22.7 Å². The number of aromatic nitrogens is 1. The Labute approximate surface area is 322 Å². The van der Waals surface area contributed by atoms with Gasteiger partial charge in [0.1, 0.15) is 18.0 Å². The number of pyridine rings is 1. The summed E-state index contributed by atoms with van der Waals surface area (Å²) < 4.78 is 50.9. The van der Waals surface area contributed by atoms with E-state index < -0.39 is 68.4 Å². The van der Waals surface area contributed by atoms with Crippen LogP contribution in [0.2, 0.25) is 5.02 Å². The summed E-state index contributed by atoms with van der Waals surface area (Å²) >= 11 is 6.51. The lowest BCUT2D eigenvalue weighted by molar-refractivity contribution is -0.159. The number of Topliss-reactive ketones (excluding diaryl/α,β-unsaturated/α-hetero) is 1. The van der Waals surface area contributed by atoms with Crippen molar-refractivity contribution < 1.29 is 46.0 Å². The Balaban J connectivity index is 1.29. The summed E-state index contributed by atoms with van der Waals surface area (Å²) in [7, 11) is -4.41. The molecule has 1 aromatic carbocycles. The molecule has 3 aliphatic carbocycles. The van der Waals surface area contributed by atoms with Gasteiger partial charge in [0.25, 0.3) is 0 Å². The normalized spacial score (nSPS) is 25.4. The van der Waals surface area contributed by atoms with Crippen LogP contribution < -0.4 is 14.2 Å². The van der Waals surface area contributed by atoms with Crippen LogP contribution >= 0.6 is 11.6 Å². The molecule has 0 spiro atoms. The molecule has 1 aromatic heterocycles. The van der Waals surface area contributed by atoms with Gasteiger partial charge in [0, 0.05) is 24.3 Å². The van der Waals surface area contributed by atoms with E-state index in [9.17, 15) is 27.6 Å². The molecule has 5 atom stereocenters. The molecule has 6 rings (SSSR count). The van der Waals surface area contributed by atoms with Crippen LogP contribution in [-0.2, 0) is 38.4 Å². The van der Waals surface area contributed by atoms with Gasteiger partial charge >= 0.3 is 16.3 Å². The van der Waals surface area contributed by atoms with Crippen molar-refractivity contribution in [2.75, 3.05) is 13.2 Å². The summed E-state index contributed by atoms with van der Waals surface area (Å²) in [5.74, 6) is -2.39. The fourth-order valence-corrected chi connectivity index (χ4v) is 9.01. The van der Waals surface area contributed by atoms with Crippen LogP contribution in [-0.4, -0.2) is 78.9 Å². The number of benzene rings is 1. The number of carbonyl (C=O) groups is 4. The molecule has 1 saturated heterocycles. The minimum atomic E-state index is -4.41. The van der Waals surface area contributed by atoms with E-state index in [1.54, 1.807) is 25.1 Å². The van der Waals surface area contributed by atoms with Gasteiger partial charge in [0.2, 0.25) is 17.7 Å². The first-order valence-electron chi connectivity index (χ1n) is 19.1. The highest BCUT2D eigenvalue weighted by atomic mass is 35.5. The van der Waals surface area contributed by atoms with Crippen molar-refractivity contribution in [1.29, 1.82) is 0 Å². The molecule has 0 unspecified atom stereocenters. The van der Waals surface area contributed by atoms with E-state index in [4.69, 9.17) is 30.0 Å². The second kappa shape index (κ2) is 15.2. The van der Waals surface area contributed by atoms with Gasteiger partial charge in [-0.2, -0.15) is 8.42 Å². The molecule has 3 saturated carbocycles. The van der Waals surface area contributed by atoms with Crippen molar-refractivity contribution in [3.05, 3.63) is 29.3 Å². The number of likely N-dealkylation sites (tertiary alicyclic amines) is 1. The molecule has 1 N–H and O–H groups in total. The van der Waals surface area contributed by atoms with E-state index in [0.29, 0.717) is 59.8 Å². The first-order chi connectivity index (χ1) is 25.4. The fourth-order valence-electron chi connectivity index (χ4n) is 7.62. The highest BCUT2D eigenvalue weighted by molar-refractivity contribution is 7.85. The molecular formula is C39H52ClN3O10S. The van der Waals surface area contributed by atoms with Crippen molar-refractivity contribution in [1.82, 2.24) is 14.6 Å². The first kappa shape index (κ1) is 40.2. The number of nitrogens with zero attached hydrogens (tertiary/aromatic N) is 2. The third kappa shape index (κ3) is 8.81. The number of hydrogen-bond donors (Lipinski definition) is 1. The second-order valence-corrected chi connectivity index (χ2v) is 18.4. The van der Waals surface area contributed by atoms with Gasteiger partial charge in [-0.15, -0.1) is 0 Å². The van der Waals surface area contributed by atoms with Crippen molar-refractivity contribution in [2.24, 2.45) is 22.7 Å². The number of carbonyl (C=O) groups excluding carboxylic acids is 4. The number of esters is 1. The van der Waals surface area contributed by atoms with Gasteiger partial charge in [0.15, 0.2) is 5.78 Å². The lowest BCUT2D eigenvalue weighted by Crippen LogP contribution is -2.49. The SMILES string of the molecule is CCOc1cc(O[C@@H]2C[C@@H](C(=O)C[C@]3(C(=O)NS(=O)(=O)OC4(C)CC4)C[C@H]3CC)N(C(=O)[C@@H](CC(=O)OC3CCC3)C(C)(C)C)C2)c2cccc(Cl)c2n1. The minimum Gasteiger partial charge on any atom is -0.488 e. The zero-order valence-electron chi connectivity index (χ0n) is 31.9. The summed E-state index contributed by atoms with van der Waals surface area (Å²) in [5, 5.41) is 1.02. The van der Waals surface area contributed by atoms with Crippen LogP contribution in [0.3, 0.4) is 0 Å². The fraction of sp³-hybridized carbons (Fsp3) is 0.667. The van der Waals surface area contributed by atoms with E-state index >= 15 is 0 Å². The Morgan fingerprint density at radius 3 is 2.43 bits per heavy atom. The van der Waals surface area contributed by atoms with Crippen molar-refractivity contribution >= 4 is 56.4 Å². The van der Waals surface area contributed by atoms with Gasteiger partial charge in [-0.05, 0) is 75.8 Å². The minimum absolute atomic E-state index is 0.0189. The van der Waals surface area contributed by atoms with E-state index in [1.165, 1.54) is 4.90 Å². The largest absolute Gasteiger partial charge is 0.488 e. The predicted octanol–water partition coefficient (Wildman–Crippen LogP) is 6.09. The quantitative estimate of drug-likeness (QED) is 0.196. The molecule has 2 amide bonds. The summed E-state index contributed by atoms with van der Waals surface area (Å²) in [6.07, 6.45) is 3.38. The topological polar surface area (TPSA) is 167 Å². The zero-order valence-corrected chi connectivity index (χ0v) is 33.5. The first-order valence-corrected chi connectivity index (χ1v) is 20.8. The van der Waals surface area contributed by atoms with E-state index in [-0.39, 0.29) is 37.8 Å². The molecule has 4 aliphatic rings. The molecular weight excluding hydrogens is 738 g/mol. The van der Waals surface area contributed by atoms with Crippen molar-refractivity contribution in [3.8, 4) is 11.6 Å². The molecule has 0 radical (unpaired) electrons. The molecule has 296 valence electrons. The molecule has 0 bridgehead atoms. The summed E-state index contributed by atoms with van der Waals surface area (Å²) in [6.45, 7) is 11.3. The third-order valence-corrected chi connectivity index (χ3v) is 12.8. The highest BCUT2D eigenvalue weighted by Crippen LogP contribution is 2.58. The Kier molecular flexibility index (Phi) is 11.3. The maximum Gasteiger partial charge on any atom is 0.362 e. The van der Waals surface area contributed by atoms with Crippen LogP contribution in [0.15, 0.2) is 24.3 Å². The lowest BCUT2D eigenvalue weighted by atomic mass is 9.77. The number of amides is 2. The monoisotopic (exact) mass is 789 g/mol. The molecule has 2 aromatic rings. The van der Waals surface area contributed by atoms with E-state index in [2.05, 4.69) is 9.71 Å². The maximum absolute atomic E-state index is 14.7. The molecule has 1 aliphatic heterocycles. The number of ether oxygens (including phenoxy) is 3. The molecule has 2 heterocycles. The van der Waals surface area contributed by atoms with Crippen molar-refractivity contribution in [3.63, 3.8) is 0 Å². The number of hydrogen-bond acceptors (Lipinski definition) is 11. The van der Waals surface area contributed by atoms with Crippen LogP contribution in [0.25, 0.3) is 10.9 Å². The highest BCUT2D eigenvalue weighted by Gasteiger charge is 2.62. The molecule has 13 nitrogen and oxygen atoms in total. The number of rotatable bonds is 16. The van der Waals surface area contributed by atoms with Crippen LogP contribution in [0.4, 0.5) is 0 Å². The Morgan fingerprint density at radius 2 is 1.83 bits per heavy atom. The average Bonchev–Trinajstić information content (AvgIpc) is 3.93. The maximum atomic E-state index is 14.7. The second-order valence-electron chi connectivity index (χ2n) is 16.7. The summed E-state index contributed by atoms with van der Waals surface area (Å²) in [6, 6.07) is 5.93. The van der Waals surface area contributed by atoms with Crippen LogP contribution in [0.1, 0.15) is 106 Å². The number of para-hydroxylation sites is 1. The van der Waals surface area contributed by atoms with Gasteiger partial charge in [-0.1, -0.05) is 51.8 Å². The summed E-state index contributed by atoms with van der Waals surface area (Å²) in [5.41, 5.74) is -2.32. The standard InChI is InChI=1S/C39H52ClN3O10S/c1-7-23-20-39(23,36(47)42-54(48,49)53-38(6)15-16-38)21-30(44)29-17-25(51-31-19-32(50-8-2)41-34-26(31)13-10-14-28(34)40)22-43(29)35(46)27(37(3,4)5)18-33(45)52-24-11-9-12-24/h10,13-14,19,23-25,27,29H,7-9,11-12,15-18,20-22H2,1-6H3,(H,42,47)/t23-,25-,27-,29+,39-/m1/s1. The van der Waals surface area contributed by atoms with Crippen LogP contribution in [0.5, 0.6) is 11.6 Å². The zero-order chi connectivity index (χ0) is 39.2. The smallest absolute Gasteiger partial charge is 0.362 e. The van der Waals surface area contributed by atoms with Crippen molar-refractivity contribution in [2.45, 2.75) is 130 Å². The van der Waals surface area contributed by atoms with E-state index in [0.717, 1.165) is 19.3 Å². The number of fused-ring (bicyclic) bond motifs is 1. The average molecular weight is 790 g/mol. The summed E-state index contributed by atoms with van der Waals surface area (Å²) in [4.78, 5) is 62.0. The van der Waals surface area contributed by atoms with Gasteiger partial charge in [-0.3, -0.25) is 19.2 Å². The van der Waals surface area contributed by atoms with E-state index in [1.807, 2.05) is 40.7 Å². The number of nitrogens with one attached hydrogen (secondary N) is 1. The number of ketones is 1. The number of halogens is 1. The Bertz CT molecular complexity index is 1910. The van der Waals surface area contributed by atoms with Gasteiger partial charge in [0.05, 0.1) is 53.1 Å². The Hall–Kier alpha value is -3.49. The molecule has 54 heavy (non-hydrogen) atoms. The molecule has 15 heteroatoms. The predicted molar refractivity (Wildman–Crippen MR) is 200 cm³/mol. The lowest BCUT2D eigenvalue weighted by Gasteiger charge is -2.35. The van der Waals surface area contributed by atoms with Gasteiger partial charge in [-0.25, -0.2) is 13.9 Å².